The second-order valence-electron chi connectivity index (χ2n) is 6.58. The van der Waals surface area contributed by atoms with Crippen LogP contribution in [0.2, 0.25) is 0 Å². The van der Waals surface area contributed by atoms with Gasteiger partial charge in [-0.3, -0.25) is 10.2 Å². The molecule has 0 aromatic heterocycles. The zero-order chi connectivity index (χ0) is 17.8. The molecule has 0 bridgehead atoms. The molecule has 6 nitrogen and oxygen atoms in total. The van der Waals surface area contributed by atoms with Gasteiger partial charge in [0.05, 0.1) is 6.54 Å². The van der Waals surface area contributed by atoms with Gasteiger partial charge in [-0.25, -0.2) is 9.79 Å². The maximum absolute atomic E-state index is 12.0. The predicted molar refractivity (Wildman–Crippen MR) is 101 cm³/mol. The highest BCUT2D eigenvalue weighted by Gasteiger charge is 2.25. The molecular weight excluding hydrogens is 328 g/mol. The van der Waals surface area contributed by atoms with Crippen molar-refractivity contribution in [1.29, 1.82) is 0 Å². The standard InChI is InChI=1S/C20H22N4O2/c25-19(22-17-8-2-1-3-9-17)23-20-21-12-18(26-20)14-24-11-10-15-6-4-5-7-16(15)13-24/h1-9,18H,10-14H2,(H2,21,22,23,25). The molecular formula is C20H22N4O2. The number of benzene rings is 2. The van der Waals surface area contributed by atoms with E-state index < -0.39 is 0 Å². The van der Waals surface area contributed by atoms with Crippen molar-refractivity contribution in [2.24, 2.45) is 4.99 Å². The van der Waals surface area contributed by atoms with Crippen LogP contribution in [0.4, 0.5) is 10.5 Å². The average molecular weight is 350 g/mol. The number of nitrogens with zero attached hydrogens (tertiary/aromatic N) is 2. The third kappa shape index (κ3) is 4.03. The molecule has 0 radical (unpaired) electrons. The Morgan fingerprint density at radius 3 is 2.69 bits per heavy atom. The minimum atomic E-state index is -0.345. The second kappa shape index (κ2) is 7.58. The number of nitrogens with one attached hydrogen (secondary N) is 2. The van der Waals surface area contributed by atoms with E-state index in [0.717, 1.165) is 31.7 Å². The number of amides is 2. The summed E-state index contributed by atoms with van der Waals surface area (Å²) in [4.78, 5) is 18.7. The molecule has 2 aliphatic heterocycles. The summed E-state index contributed by atoms with van der Waals surface area (Å²) in [5.74, 6) is 0. The number of anilines is 1. The zero-order valence-electron chi connectivity index (χ0n) is 14.5. The first kappa shape index (κ1) is 16.6. The largest absolute Gasteiger partial charge is 0.458 e. The van der Waals surface area contributed by atoms with Crippen LogP contribution in [0, 0.1) is 0 Å². The maximum Gasteiger partial charge on any atom is 0.327 e. The normalized spacial score (nSPS) is 19.2. The number of hydrogen-bond acceptors (Lipinski definition) is 4. The van der Waals surface area contributed by atoms with E-state index >= 15 is 0 Å². The SMILES string of the molecule is O=C(NC1=NCC(CN2CCc3ccccc3C2)O1)Nc1ccccc1. The highest BCUT2D eigenvalue weighted by molar-refractivity contribution is 6.00. The van der Waals surface area contributed by atoms with Gasteiger partial charge in [-0.05, 0) is 29.7 Å². The van der Waals surface area contributed by atoms with E-state index in [2.05, 4.69) is 44.8 Å². The molecule has 2 aromatic rings. The Hall–Kier alpha value is -2.86. The summed E-state index contributed by atoms with van der Waals surface area (Å²) >= 11 is 0. The van der Waals surface area contributed by atoms with Crippen LogP contribution in [0.1, 0.15) is 11.1 Å². The van der Waals surface area contributed by atoms with Crippen LogP contribution in [0.25, 0.3) is 0 Å². The monoisotopic (exact) mass is 350 g/mol. The fraction of sp³-hybridized carbons (Fsp3) is 0.300. The molecule has 2 heterocycles. The minimum absolute atomic E-state index is 0.0210. The first-order valence-corrected chi connectivity index (χ1v) is 8.89. The molecule has 2 N–H and O–H groups in total. The number of urea groups is 1. The third-order valence-corrected chi connectivity index (χ3v) is 4.64. The maximum atomic E-state index is 12.0. The quantitative estimate of drug-likeness (QED) is 0.894. The van der Waals surface area contributed by atoms with Gasteiger partial charge in [-0.15, -0.1) is 0 Å². The summed E-state index contributed by atoms with van der Waals surface area (Å²) < 4.78 is 5.80. The first-order valence-electron chi connectivity index (χ1n) is 8.89. The molecule has 0 aliphatic carbocycles. The van der Waals surface area contributed by atoms with Crippen LogP contribution in [0.3, 0.4) is 0 Å². The summed E-state index contributed by atoms with van der Waals surface area (Å²) in [5.41, 5.74) is 3.55. The van der Waals surface area contributed by atoms with E-state index in [-0.39, 0.29) is 12.1 Å². The number of ether oxygens (including phenoxy) is 1. The Labute approximate surface area is 152 Å². The van der Waals surface area contributed by atoms with Gasteiger partial charge in [0.2, 0.25) is 0 Å². The topological polar surface area (TPSA) is 66.0 Å². The lowest BCUT2D eigenvalue weighted by Gasteiger charge is -2.30. The van der Waals surface area contributed by atoms with Crippen molar-refractivity contribution in [3.63, 3.8) is 0 Å². The van der Waals surface area contributed by atoms with E-state index in [1.165, 1.54) is 11.1 Å². The summed E-state index contributed by atoms with van der Waals surface area (Å²) in [7, 11) is 0. The smallest absolute Gasteiger partial charge is 0.327 e. The fourth-order valence-electron chi connectivity index (χ4n) is 3.36. The Morgan fingerprint density at radius 2 is 1.85 bits per heavy atom. The molecule has 0 saturated carbocycles. The summed E-state index contributed by atoms with van der Waals surface area (Å²) in [5, 5.41) is 5.42. The number of carbonyl (C=O) groups is 1. The van der Waals surface area contributed by atoms with E-state index in [4.69, 9.17) is 4.74 Å². The predicted octanol–water partition coefficient (Wildman–Crippen LogP) is 2.62. The Morgan fingerprint density at radius 1 is 1.08 bits per heavy atom. The van der Waals surface area contributed by atoms with Crippen molar-refractivity contribution in [3.05, 3.63) is 65.7 Å². The molecule has 1 atom stereocenters. The van der Waals surface area contributed by atoms with Gasteiger partial charge >= 0.3 is 6.03 Å². The van der Waals surface area contributed by atoms with Crippen LogP contribution in [-0.2, 0) is 17.7 Å². The molecule has 26 heavy (non-hydrogen) atoms. The van der Waals surface area contributed by atoms with Crippen LogP contribution < -0.4 is 10.6 Å². The molecule has 2 amide bonds. The van der Waals surface area contributed by atoms with Crippen LogP contribution in [-0.4, -0.2) is 42.7 Å². The van der Waals surface area contributed by atoms with Gasteiger partial charge in [0, 0.05) is 25.3 Å². The van der Waals surface area contributed by atoms with Gasteiger partial charge in [-0.1, -0.05) is 42.5 Å². The number of aliphatic imine (C=N–C) groups is 1. The molecule has 1 unspecified atom stereocenters. The van der Waals surface area contributed by atoms with Gasteiger partial charge in [0.15, 0.2) is 0 Å². The van der Waals surface area contributed by atoms with Crippen molar-refractivity contribution in [2.75, 3.05) is 25.0 Å². The lowest BCUT2D eigenvalue weighted by molar-refractivity contribution is 0.133. The van der Waals surface area contributed by atoms with Crippen LogP contribution in [0.15, 0.2) is 59.6 Å². The summed E-state index contributed by atoms with van der Waals surface area (Å²) in [6.45, 7) is 3.34. The molecule has 0 fully saturated rings. The molecule has 0 spiro atoms. The van der Waals surface area contributed by atoms with Gasteiger partial charge in [0.1, 0.15) is 6.10 Å². The Balaban J connectivity index is 1.24. The van der Waals surface area contributed by atoms with E-state index in [1.807, 2.05) is 30.3 Å². The number of fused-ring (bicyclic) bond motifs is 1. The number of carbonyl (C=O) groups excluding carboxylic acids is 1. The lowest BCUT2D eigenvalue weighted by Crippen LogP contribution is -2.40. The number of hydrogen-bond donors (Lipinski definition) is 2. The van der Waals surface area contributed by atoms with Crippen molar-refractivity contribution in [2.45, 2.75) is 19.1 Å². The molecule has 4 rings (SSSR count). The average Bonchev–Trinajstić information content (AvgIpc) is 3.09. The molecule has 2 aromatic carbocycles. The lowest BCUT2D eigenvalue weighted by atomic mass is 10.00. The second-order valence-corrected chi connectivity index (χ2v) is 6.58. The van der Waals surface area contributed by atoms with E-state index in [0.29, 0.717) is 12.6 Å². The Bertz CT molecular complexity index is 806. The first-order chi connectivity index (χ1) is 12.8. The van der Waals surface area contributed by atoms with Crippen molar-refractivity contribution in [3.8, 4) is 0 Å². The van der Waals surface area contributed by atoms with Crippen molar-refractivity contribution in [1.82, 2.24) is 10.2 Å². The van der Waals surface area contributed by atoms with E-state index in [9.17, 15) is 4.79 Å². The highest BCUT2D eigenvalue weighted by atomic mass is 16.5. The fourth-order valence-corrected chi connectivity index (χ4v) is 3.36. The van der Waals surface area contributed by atoms with Crippen LogP contribution >= 0.6 is 0 Å². The minimum Gasteiger partial charge on any atom is -0.458 e. The van der Waals surface area contributed by atoms with Crippen molar-refractivity contribution >= 4 is 17.7 Å². The van der Waals surface area contributed by atoms with Gasteiger partial charge < -0.3 is 10.1 Å². The molecule has 6 heteroatoms. The zero-order valence-corrected chi connectivity index (χ0v) is 14.5. The molecule has 0 saturated heterocycles. The Kier molecular flexibility index (Phi) is 4.84. The number of rotatable bonds is 3. The third-order valence-electron chi connectivity index (χ3n) is 4.64. The highest BCUT2D eigenvalue weighted by Crippen LogP contribution is 2.19. The molecule has 2 aliphatic rings. The molecule has 134 valence electrons. The number of amidine groups is 1. The van der Waals surface area contributed by atoms with Gasteiger partial charge in [-0.2, -0.15) is 0 Å². The summed E-state index contributed by atoms with van der Waals surface area (Å²) in [6.07, 6.45) is 1.04. The van der Waals surface area contributed by atoms with Crippen LogP contribution in [0.5, 0.6) is 0 Å². The number of para-hydroxylation sites is 1. The van der Waals surface area contributed by atoms with Crippen molar-refractivity contribution < 1.29 is 9.53 Å². The van der Waals surface area contributed by atoms with E-state index in [1.54, 1.807) is 0 Å². The summed E-state index contributed by atoms with van der Waals surface area (Å²) in [6, 6.07) is 17.8. The van der Waals surface area contributed by atoms with Gasteiger partial charge in [0.25, 0.3) is 6.02 Å².